The summed E-state index contributed by atoms with van der Waals surface area (Å²) in [6, 6.07) is 8.27. The number of carbonyl (C=O) groups excluding carboxylic acids is 1. The van der Waals surface area contributed by atoms with Crippen LogP contribution in [0.2, 0.25) is 5.02 Å². The molecule has 26 heavy (non-hydrogen) atoms. The van der Waals surface area contributed by atoms with Gasteiger partial charge in [0.2, 0.25) is 10.0 Å². The second-order valence-corrected chi connectivity index (χ2v) is 8.59. The Balaban J connectivity index is 2.23. The van der Waals surface area contributed by atoms with Gasteiger partial charge in [-0.15, -0.1) is 11.3 Å². The van der Waals surface area contributed by atoms with Crippen molar-refractivity contribution < 1.29 is 17.9 Å². The third kappa shape index (κ3) is 5.20. The van der Waals surface area contributed by atoms with E-state index in [1.165, 1.54) is 30.6 Å². The maximum absolute atomic E-state index is 12.2. The minimum atomic E-state index is -3.76. The molecule has 1 amide bonds. The predicted octanol–water partition coefficient (Wildman–Crippen LogP) is 2.72. The summed E-state index contributed by atoms with van der Waals surface area (Å²) in [7, 11) is -2.35. The molecule has 0 atom stereocenters. The van der Waals surface area contributed by atoms with Gasteiger partial charge in [-0.05, 0) is 36.6 Å². The van der Waals surface area contributed by atoms with Crippen molar-refractivity contribution in [1.29, 1.82) is 0 Å². The van der Waals surface area contributed by atoms with E-state index in [0.717, 1.165) is 15.4 Å². The van der Waals surface area contributed by atoms with Crippen LogP contribution in [0, 0.1) is 0 Å². The van der Waals surface area contributed by atoms with E-state index in [1.54, 1.807) is 13.0 Å². The number of thiophene rings is 1. The Hall–Kier alpha value is -2.10. The van der Waals surface area contributed by atoms with E-state index in [9.17, 15) is 13.2 Å². The molecule has 0 aliphatic carbocycles. The molecule has 1 aromatic carbocycles. The van der Waals surface area contributed by atoms with Crippen molar-refractivity contribution >= 4 is 50.3 Å². The average Bonchev–Trinajstić information content (AvgIpc) is 3.11. The first kappa shape index (κ1) is 20.2. The topological polar surface area (TPSA) is 88.1 Å². The van der Waals surface area contributed by atoms with Gasteiger partial charge in [-0.3, -0.25) is 9.10 Å². The van der Waals surface area contributed by atoms with E-state index in [4.69, 9.17) is 16.3 Å². The van der Waals surface area contributed by atoms with E-state index in [2.05, 4.69) is 10.5 Å². The highest BCUT2D eigenvalue weighted by atomic mass is 35.5. The standard InChI is InChI=1S/C16H18ClN3O4S2/c1-11(15-5-4-8-25-15)18-19-16(21)10-20(26(3,22)23)13-9-12(17)6-7-14(13)24-2/h4-9H,10H2,1-3H3,(H,19,21)/b18-11-. The maximum atomic E-state index is 12.2. The average molecular weight is 416 g/mol. The van der Waals surface area contributed by atoms with Crippen molar-refractivity contribution in [2.75, 3.05) is 24.2 Å². The Kier molecular flexibility index (Phi) is 6.63. The number of anilines is 1. The summed E-state index contributed by atoms with van der Waals surface area (Å²) in [4.78, 5) is 13.1. The zero-order valence-corrected chi connectivity index (χ0v) is 16.8. The molecule has 0 aliphatic heterocycles. The van der Waals surface area contributed by atoms with E-state index in [0.29, 0.717) is 10.7 Å². The molecule has 2 rings (SSSR count). The number of amides is 1. The number of hydrogen-bond donors (Lipinski definition) is 1. The molecule has 1 N–H and O–H groups in total. The summed E-state index contributed by atoms with van der Waals surface area (Å²) < 4.78 is 30.5. The molecule has 10 heteroatoms. The summed E-state index contributed by atoms with van der Waals surface area (Å²) in [5.74, 6) is -0.306. The van der Waals surface area contributed by atoms with Crippen LogP contribution in [-0.4, -0.2) is 39.9 Å². The van der Waals surface area contributed by atoms with Crippen molar-refractivity contribution in [2.45, 2.75) is 6.92 Å². The van der Waals surface area contributed by atoms with Gasteiger partial charge >= 0.3 is 0 Å². The Morgan fingerprint density at radius 2 is 2.12 bits per heavy atom. The molecular formula is C16H18ClN3O4S2. The summed E-state index contributed by atoms with van der Waals surface area (Å²) >= 11 is 7.45. The molecule has 0 saturated carbocycles. The van der Waals surface area contributed by atoms with Crippen LogP contribution in [-0.2, 0) is 14.8 Å². The number of methoxy groups -OCH3 is 1. The SMILES string of the molecule is COc1ccc(Cl)cc1N(CC(=O)N/N=C(/C)c1cccs1)S(C)(=O)=O. The third-order valence-corrected chi connectivity index (χ3v) is 5.66. The minimum Gasteiger partial charge on any atom is -0.495 e. The first-order valence-electron chi connectivity index (χ1n) is 7.40. The van der Waals surface area contributed by atoms with Gasteiger partial charge in [-0.1, -0.05) is 17.7 Å². The molecule has 140 valence electrons. The molecule has 0 saturated heterocycles. The van der Waals surface area contributed by atoms with Crippen LogP contribution in [0.15, 0.2) is 40.8 Å². The largest absolute Gasteiger partial charge is 0.495 e. The molecule has 2 aromatic rings. The molecular weight excluding hydrogens is 398 g/mol. The number of nitrogens with one attached hydrogen (secondary N) is 1. The van der Waals surface area contributed by atoms with Gasteiger partial charge in [-0.2, -0.15) is 5.10 Å². The number of carbonyl (C=O) groups is 1. The van der Waals surface area contributed by atoms with Gasteiger partial charge in [0.15, 0.2) is 0 Å². The van der Waals surface area contributed by atoms with Crippen molar-refractivity contribution in [3.05, 3.63) is 45.6 Å². The van der Waals surface area contributed by atoms with E-state index in [1.807, 2.05) is 17.5 Å². The Morgan fingerprint density at radius 3 is 2.69 bits per heavy atom. The van der Waals surface area contributed by atoms with Crippen molar-refractivity contribution in [3.63, 3.8) is 0 Å². The van der Waals surface area contributed by atoms with Gasteiger partial charge in [-0.25, -0.2) is 13.8 Å². The lowest BCUT2D eigenvalue weighted by Crippen LogP contribution is -2.39. The zero-order valence-electron chi connectivity index (χ0n) is 14.4. The second kappa shape index (κ2) is 8.52. The Labute approximate surface area is 161 Å². The number of rotatable bonds is 7. The van der Waals surface area contributed by atoms with Crippen LogP contribution in [0.25, 0.3) is 0 Å². The molecule has 0 aliphatic rings. The predicted molar refractivity (Wildman–Crippen MR) is 105 cm³/mol. The summed E-state index contributed by atoms with van der Waals surface area (Å²) in [6.45, 7) is 1.29. The molecule has 7 nitrogen and oxygen atoms in total. The van der Waals surface area contributed by atoms with Crippen molar-refractivity contribution in [1.82, 2.24) is 5.43 Å². The number of hydrazone groups is 1. The fourth-order valence-electron chi connectivity index (χ4n) is 2.09. The number of halogens is 1. The highest BCUT2D eigenvalue weighted by Crippen LogP contribution is 2.32. The number of ether oxygens (including phenoxy) is 1. The fraction of sp³-hybridized carbons (Fsp3) is 0.250. The normalized spacial score (nSPS) is 11.9. The van der Waals surface area contributed by atoms with E-state index >= 15 is 0 Å². The first-order chi connectivity index (χ1) is 12.2. The van der Waals surface area contributed by atoms with Crippen molar-refractivity contribution in [2.24, 2.45) is 5.10 Å². The number of hydrogen-bond acceptors (Lipinski definition) is 6. The molecule has 0 radical (unpaired) electrons. The fourth-order valence-corrected chi connectivity index (χ4v) is 3.79. The number of sulfonamides is 1. The zero-order chi connectivity index (χ0) is 19.3. The monoisotopic (exact) mass is 415 g/mol. The number of nitrogens with zero attached hydrogens (tertiary/aromatic N) is 2. The van der Waals surface area contributed by atoms with Gasteiger partial charge < -0.3 is 4.74 Å². The van der Waals surface area contributed by atoms with Gasteiger partial charge in [0, 0.05) is 9.90 Å². The summed E-state index contributed by atoms with van der Waals surface area (Å²) in [5.41, 5.74) is 3.17. The summed E-state index contributed by atoms with van der Waals surface area (Å²) in [5, 5.41) is 6.22. The highest BCUT2D eigenvalue weighted by Gasteiger charge is 2.24. The number of benzene rings is 1. The lowest BCUT2D eigenvalue weighted by Gasteiger charge is -2.23. The second-order valence-electron chi connectivity index (χ2n) is 5.30. The van der Waals surface area contributed by atoms with Crippen LogP contribution in [0.1, 0.15) is 11.8 Å². The molecule has 0 spiro atoms. The lowest BCUT2D eigenvalue weighted by atomic mass is 10.3. The van der Waals surface area contributed by atoms with E-state index < -0.39 is 22.5 Å². The summed E-state index contributed by atoms with van der Waals surface area (Å²) in [6.07, 6.45) is 1.00. The lowest BCUT2D eigenvalue weighted by molar-refractivity contribution is -0.119. The quantitative estimate of drug-likeness (QED) is 0.556. The third-order valence-electron chi connectivity index (χ3n) is 3.32. The van der Waals surface area contributed by atoms with E-state index in [-0.39, 0.29) is 11.4 Å². The highest BCUT2D eigenvalue weighted by molar-refractivity contribution is 7.92. The van der Waals surface area contributed by atoms with Crippen LogP contribution in [0.5, 0.6) is 5.75 Å². The van der Waals surface area contributed by atoms with Crippen LogP contribution < -0.4 is 14.5 Å². The van der Waals surface area contributed by atoms with Gasteiger partial charge in [0.25, 0.3) is 5.91 Å². The molecule has 0 fully saturated rings. The molecule has 1 aromatic heterocycles. The smallest absolute Gasteiger partial charge is 0.260 e. The van der Waals surface area contributed by atoms with Crippen LogP contribution in [0.4, 0.5) is 5.69 Å². The Bertz CT molecular complexity index is 912. The minimum absolute atomic E-state index is 0.177. The molecule has 1 heterocycles. The van der Waals surface area contributed by atoms with Gasteiger partial charge in [0.05, 0.1) is 24.8 Å². The molecule has 0 bridgehead atoms. The maximum Gasteiger partial charge on any atom is 0.260 e. The Morgan fingerprint density at radius 1 is 1.38 bits per heavy atom. The van der Waals surface area contributed by atoms with Crippen LogP contribution in [0.3, 0.4) is 0 Å². The van der Waals surface area contributed by atoms with Crippen LogP contribution >= 0.6 is 22.9 Å². The first-order valence-corrected chi connectivity index (χ1v) is 10.5. The van der Waals surface area contributed by atoms with Crippen molar-refractivity contribution in [3.8, 4) is 5.75 Å². The molecule has 0 unspecified atom stereocenters. The van der Waals surface area contributed by atoms with Gasteiger partial charge in [0.1, 0.15) is 12.3 Å².